The first-order valence-corrected chi connectivity index (χ1v) is 22.5. The number of carbonyl (C=O) groups is 4. The van der Waals surface area contributed by atoms with Gasteiger partial charge >= 0.3 is 18.2 Å². The van der Waals surface area contributed by atoms with E-state index in [0.29, 0.717) is 51.9 Å². The van der Waals surface area contributed by atoms with Gasteiger partial charge in [0.2, 0.25) is 5.91 Å². The predicted octanol–water partition coefficient (Wildman–Crippen LogP) is 7.05. The molecule has 0 spiro atoms. The Morgan fingerprint density at radius 3 is 1.61 bits per heavy atom. The maximum Gasteiger partial charge on any atom is 0.407 e. The van der Waals surface area contributed by atoms with Gasteiger partial charge in [-0.1, -0.05) is 104 Å². The number of amides is 3. The molecule has 2 atom stereocenters. The predicted molar refractivity (Wildman–Crippen MR) is 224 cm³/mol. The summed E-state index contributed by atoms with van der Waals surface area (Å²) >= 11 is 1.35. The SMILES string of the molecule is CCCCCCCCCCNC(=O)OC[C@H](CSC[C@H](N)C(=O)NCCOCCOCCOCCC(=O)OC(C)(C)C)OC(=O)NCCCCCCCCCC. The van der Waals surface area contributed by atoms with Crippen LogP contribution in [0.5, 0.6) is 0 Å². The van der Waals surface area contributed by atoms with Crippen LogP contribution < -0.4 is 21.7 Å². The number of carbonyl (C=O) groups excluding carboxylic acids is 4. The average Bonchev–Trinajstić information content (AvgIpc) is 3.15. The highest BCUT2D eigenvalue weighted by Crippen LogP contribution is 2.12. The summed E-state index contributed by atoms with van der Waals surface area (Å²) in [7, 11) is 0. The molecule has 0 aliphatic carbocycles. The summed E-state index contributed by atoms with van der Waals surface area (Å²) in [5.74, 6) is -0.0347. The van der Waals surface area contributed by atoms with Gasteiger partial charge in [0.1, 0.15) is 18.3 Å². The van der Waals surface area contributed by atoms with Crippen LogP contribution in [-0.2, 0) is 38.0 Å². The second kappa shape index (κ2) is 38.2. The fourth-order valence-electron chi connectivity index (χ4n) is 5.30. The minimum Gasteiger partial charge on any atom is -0.460 e. The molecule has 0 fully saturated rings. The van der Waals surface area contributed by atoms with Crippen LogP contribution in [0.4, 0.5) is 9.59 Å². The summed E-state index contributed by atoms with van der Waals surface area (Å²) in [5.41, 5.74) is 5.60. The number of nitrogens with one attached hydrogen (secondary N) is 3. The number of nitrogens with two attached hydrogens (primary N) is 1. The molecule has 0 rings (SSSR count). The maximum absolute atomic E-state index is 12.6. The molecule has 0 unspecified atom stereocenters. The van der Waals surface area contributed by atoms with Crippen LogP contribution in [0.15, 0.2) is 0 Å². The van der Waals surface area contributed by atoms with Gasteiger partial charge in [0.15, 0.2) is 0 Å². The Hall–Kier alpha value is -2.33. The molecule has 0 aliphatic heterocycles. The summed E-state index contributed by atoms with van der Waals surface area (Å²) in [5, 5.41) is 8.35. The van der Waals surface area contributed by atoms with E-state index in [1.54, 1.807) is 0 Å². The molecule has 0 bridgehead atoms. The highest BCUT2D eigenvalue weighted by atomic mass is 32.2. The molecule has 0 saturated heterocycles. The third kappa shape index (κ3) is 38.5. The Bertz CT molecular complexity index is 973. The average molecular weight is 821 g/mol. The molecule has 330 valence electrons. The Morgan fingerprint density at radius 2 is 1.07 bits per heavy atom. The molecule has 15 heteroatoms. The fourth-order valence-corrected chi connectivity index (χ4v) is 6.27. The van der Waals surface area contributed by atoms with E-state index in [4.69, 9.17) is 34.2 Å². The highest BCUT2D eigenvalue weighted by Gasteiger charge is 2.20. The van der Waals surface area contributed by atoms with E-state index in [9.17, 15) is 19.2 Å². The molecule has 0 heterocycles. The first kappa shape index (κ1) is 53.7. The summed E-state index contributed by atoms with van der Waals surface area (Å²) in [6, 6.07) is -0.786. The number of hydrogen-bond donors (Lipinski definition) is 4. The quantitative estimate of drug-likeness (QED) is 0.0283. The number of alkyl carbamates (subject to hydrolysis) is 2. The van der Waals surface area contributed by atoms with Gasteiger partial charge in [0.05, 0.1) is 52.1 Å². The Labute approximate surface area is 343 Å². The summed E-state index contributed by atoms with van der Waals surface area (Å²) in [4.78, 5) is 49.1. The van der Waals surface area contributed by atoms with E-state index in [2.05, 4.69) is 29.8 Å². The molecular formula is C41H80N4O10S. The van der Waals surface area contributed by atoms with Crippen LogP contribution in [0.2, 0.25) is 0 Å². The normalized spacial score (nSPS) is 12.5. The van der Waals surface area contributed by atoms with Gasteiger partial charge in [-0.15, -0.1) is 0 Å². The molecule has 0 aromatic rings. The molecule has 5 N–H and O–H groups in total. The fraction of sp³-hybridized carbons (Fsp3) is 0.902. The van der Waals surface area contributed by atoms with Crippen LogP contribution in [0.3, 0.4) is 0 Å². The third-order valence-corrected chi connectivity index (χ3v) is 9.57. The lowest BCUT2D eigenvalue weighted by Crippen LogP contribution is -2.43. The molecule has 14 nitrogen and oxygen atoms in total. The Balaban J connectivity index is 4.34. The van der Waals surface area contributed by atoms with E-state index >= 15 is 0 Å². The van der Waals surface area contributed by atoms with Crippen molar-refractivity contribution in [3.63, 3.8) is 0 Å². The first-order valence-electron chi connectivity index (χ1n) is 21.4. The lowest BCUT2D eigenvalue weighted by molar-refractivity contribution is -0.156. The van der Waals surface area contributed by atoms with Crippen molar-refractivity contribution in [3.05, 3.63) is 0 Å². The molecule has 3 amide bonds. The van der Waals surface area contributed by atoms with Crippen molar-refractivity contribution >= 4 is 35.8 Å². The van der Waals surface area contributed by atoms with Crippen molar-refractivity contribution in [2.45, 2.75) is 162 Å². The number of unbranched alkanes of at least 4 members (excludes halogenated alkanes) is 14. The number of hydrogen-bond acceptors (Lipinski definition) is 12. The second-order valence-corrected chi connectivity index (χ2v) is 16.1. The van der Waals surface area contributed by atoms with E-state index in [0.717, 1.165) is 38.5 Å². The van der Waals surface area contributed by atoms with E-state index in [-0.39, 0.29) is 43.8 Å². The van der Waals surface area contributed by atoms with E-state index < -0.39 is 29.9 Å². The monoisotopic (exact) mass is 821 g/mol. The van der Waals surface area contributed by atoms with Crippen LogP contribution in [-0.4, -0.2) is 119 Å². The van der Waals surface area contributed by atoms with Crippen molar-refractivity contribution in [2.24, 2.45) is 5.73 Å². The van der Waals surface area contributed by atoms with Crippen molar-refractivity contribution in [1.29, 1.82) is 0 Å². The van der Waals surface area contributed by atoms with Gasteiger partial charge in [-0.25, -0.2) is 9.59 Å². The van der Waals surface area contributed by atoms with Crippen molar-refractivity contribution in [2.75, 3.05) is 77.4 Å². The molecule has 0 radical (unpaired) electrons. The topological polar surface area (TPSA) is 186 Å². The van der Waals surface area contributed by atoms with Gasteiger partial charge in [-0.3, -0.25) is 9.59 Å². The van der Waals surface area contributed by atoms with Crippen LogP contribution in [0, 0.1) is 0 Å². The smallest absolute Gasteiger partial charge is 0.407 e. The van der Waals surface area contributed by atoms with Crippen LogP contribution in [0.1, 0.15) is 144 Å². The Morgan fingerprint density at radius 1 is 0.589 bits per heavy atom. The molecule has 0 aromatic carbocycles. The van der Waals surface area contributed by atoms with E-state index in [1.807, 2.05) is 20.8 Å². The van der Waals surface area contributed by atoms with Crippen LogP contribution >= 0.6 is 11.8 Å². The number of ether oxygens (including phenoxy) is 6. The van der Waals surface area contributed by atoms with Crippen molar-refractivity contribution in [3.8, 4) is 0 Å². The summed E-state index contributed by atoms with van der Waals surface area (Å²) < 4.78 is 32.6. The van der Waals surface area contributed by atoms with Crippen LogP contribution in [0.25, 0.3) is 0 Å². The highest BCUT2D eigenvalue weighted by molar-refractivity contribution is 7.99. The zero-order chi connectivity index (χ0) is 41.5. The summed E-state index contributed by atoms with van der Waals surface area (Å²) in [6.07, 6.45) is 17.1. The molecular weight excluding hydrogens is 741 g/mol. The Kier molecular flexibility index (Phi) is 36.6. The standard InChI is InChI=1S/C41H80N4O10S/c1-6-8-10-12-14-16-18-20-23-44-39(48)53-32-35(54-40(49)45-24-21-19-17-15-13-11-9-7-2)33-56-34-36(42)38(47)43-25-27-51-29-31-52-30-28-50-26-22-37(46)55-41(3,4)5/h35-36H,6-34,42H2,1-5H3,(H,43,47)(H,44,48)(H,45,49)/t35-,36+/m1/s1. The van der Waals surface area contributed by atoms with Gasteiger partial charge in [-0.2, -0.15) is 11.8 Å². The third-order valence-electron chi connectivity index (χ3n) is 8.37. The van der Waals surface area contributed by atoms with Crippen molar-refractivity contribution in [1.82, 2.24) is 16.0 Å². The number of esters is 1. The van der Waals surface area contributed by atoms with Crippen molar-refractivity contribution < 1.29 is 47.6 Å². The van der Waals surface area contributed by atoms with E-state index in [1.165, 1.54) is 76.0 Å². The molecule has 0 saturated carbocycles. The minimum atomic E-state index is -0.786. The summed E-state index contributed by atoms with van der Waals surface area (Å²) in [6.45, 7) is 13.1. The number of rotatable bonds is 38. The molecule has 56 heavy (non-hydrogen) atoms. The zero-order valence-electron chi connectivity index (χ0n) is 35.7. The molecule has 0 aliphatic rings. The van der Waals surface area contributed by atoms with Gasteiger partial charge in [0, 0.05) is 31.1 Å². The maximum atomic E-state index is 12.6. The lowest BCUT2D eigenvalue weighted by Gasteiger charge is -2.19. The van der Waals surface area contributed by atoms with Gasteiger partial charge in [-0.05, 0) is 33.6 Å². The number of thioether (sulfide) groups is 1. The van der Waals surface area contributed by atoms with Gasteiger partial charge < -0.3 is 50.1 Å². The zero-order valence-corrected chi connectivity index (χ0v) is 36.5. The molecule has 0 aromatic heterocycles. The lowest BCUT2D eigenvalue weighted by atomic mass is 10.1. The minimum absolute atomic E-state index is 0.106. The second-order valence-electron chi connectivity index (χ2n) is 15.0. The largest absolute Gasteiger partial charge is 0.460 e. The van der Waals surface area contributed by atoms with Gasteiger partial charge in [0.25, 0.3) is 0 Å². The first-order chi connectivity index (χ1) is 27.0.